The Labute approximate surface area is 88.4 Å². The van der Waals surface area contributed by atoms with Crippen LogP contribution in [-0.4, -0.2) is 5.91 Å². The quantitative estimate of drug-likeness (QED) is 0.661. The first-order valence-electron chi connectivity index (χ1n) is 4.49. The second-order valence-corrected chi connectivity index (χ2v) is 4.87. The predicted octanol–water partition coefficient (Wildman–Crippen LogP) is 0.761. The lowest BCUT2D eigenvalue weighted by Crippen LogP contribution is -2.28. The number of rotatable bonds is 4. The average molecular weight is 227 g/mol. The van der Waals surface area contributed by atoms with E-state index in [4.69, 9.17) is 11.0 Å². The molecule has 0 aliphatic rings. The lowest BCUT2D eigenvalue weighted by molar-refractivity contribution is -0.119. The van der Waals surface area contributed by atoms with Gasteiger partial charge in [-0.15, -0.1) is 0 Å². The third kappa shape index (κ3) is 5.32. The van der Waals surface area contributed by atoms with Crippen LogP contribution < -0.4 is 16.1 Å². The topological polar surface area (TPSA) is 98.2 Å². The molecule has 6 heteroatoms. The summed E-state index contributed by atoms with van der Waals surface area (Å²) >= 11 is 0. The van der Waals surface area contributed by atoms with E-state index in [0.29, 0.717) is 6.42 Å². The first kappa shape index (κ1) is 11.9. The highest BCUT2D eigenvalue weighted by atomic mass is 31.2. The molecule has 1 aromatic rings. The summed E-state index contributed by atoms with van der Waals surface area (Å²) in [5, 5.41) is 2.06. The fourth-order valence-electron chi connectivity index (χ4n) is 1.15. The molecule has 0 aromatic heterocycles. The number of nitrogens with two attached hydrogens (primary N) is 2. The van der Waals surface area contributed by atoms with Crippen molar-refractivity contribution in [3.63, 3.8) is 0 Å². The number of benzene rings is 1. The van der Waals surface area contributed by atoms with Crippen molar-refractivity contribution in [1.29, 1.82) is 0 Å². The zero-order valence-electron chi connectivity index (χ0n) is 8.22. The van der Waals surface area contributed by atoms with Crippen molar-refractivity contribution >= 4 is 13.5 Å². The maximum atomic E-state index is 11.2. The Hall–Kier alpha value is -1.16. The van der Waals surface area contributed by atoms with E-state index in [1.165, 1.54) is 0 Å². The number of hydrogen-bond acceptors (Lipinski definition) is 2. The van der Waals surface area contributed by atoms with Gasteiger partial charge in [-0.3, -0.25) is 25.5 Å². The maximum Gasteiger partial charge on any atom is 0.300 e. The molecule has 0 fully saturated rings. The fourth-order valence-corrected chi connectivity index (χ4v) is 1.65. The second-order valence-electron chi connectivity index (χ2n) is 3.23. The highest BCUT2D eigenvalue weighted by molar-refractivity contribution is 7.57. The van der Waals surface area contributed by atoms with E-state index >= 15 is 0 Å². The van der Waals surface area contributed by atoms with Crippen LogP contribution in [0.3, 0.4) is 0 Å². The van der Waals surface area contributed by atoms with Crippen LogP contribution >= 0.6 is 7.59 Å². The molecule has 0 unspecified atom stereocenters. The lowest BCUT2D eigenvalue weighted by Gasteiger charge is -2.08. The number of amides is 1. The van der Waals surface area contributed by atoms with Crippen LogP contribution in [0.5, 0.6) is 0 Å². The Morgan fingerprint density at radius 2 is 1.87 bits per heavy atom. The van der Waals surface area contributed by atoms with Crippen molar-refractivity contribution in [2.45, 2.75) is 12.8 Å². The van der Waals surface area contributed by atoms with Crippen LogP contribution in [0.15, 0.2) is 30.3 Å². The first-order chi connectivity index (χ1) is 6.97. The molecule has 82 valence electrons. The number of hydrogen-bond donors (Lipinski definition) is 3. The molecular weight excluding hydrogens is 213 g/mol. The normalized spacial score (nSPS) is 11.1. The van der Waals surface area contributed by atoms with Crippen LogP contribution in [0.25, 0.3) is 0 Å². The van der Waals surface area contributed by atoms with Gasteiger partial charge in [0.1, 0.15) is 0 Å². The molecule has 0 heterocycles. The summed E-state index contributed by atoms with van der Waals surface area (Å²) in [6, 6.07) is 9.51. The van der Waals surface area contributed by atoms with E-state index in [9.17, 15) is 9.36 Å². The Morgan fingerprint density at radius 3 is 2.40 bits per heavy atom. The van der Waals surface area contributed by atoms with Crippen LogP contribution in [0.4, 0.5) is 0 Å². The Bertz CT molecular complexity index is 374. The summed E-state index contributed by atoms with van der Waals surface area (Å²) < 4.78 is 10.9. The maximum absolute atomic E-state index is 11.2. The number of aryl methyl sites for hydroxylation is 1. The molecule has 5 nitrogen and oxygen atoms in total. The van der Waals surface area contributed by atoms with Crippen molar-refractivity contribution in [3.8, 4) is 0 Å². The Balaban J connectivity index is 2.39. The smallest absolute Gasteiger partial charge is 0.283 e. The van der Waals surface area contributed by atoms with Crippen molar-refractivity contribution < 1.29 is 9.36 Å². The van der Waals surface area contributed by atoms with Gasteiger partial charge in [0.05, 0.1) is 0 Å². The van der Waals surface area contributed by atoms with Crippen molar-refractivity contribution in [2.75, 3.05) is 0 Å². The molecule has 0 radical (unpaired) electrons. The SMILES string of the molecule is NP(N)(=O)NC(=O)CCc1ccccc1. The van der Waals surface area contributed by atoms with Gasteiger partial charge in [-0.05, 0) is 12.0 Å². The van der Waals surface area contributed by atoms with Gasteiger partial charge in [0.15, 0.2) is 0 Å². The van der Waals surface area contributed by atoms with Gasteiger partial charge < -0.3 is 0 Å². The lowest BCUT2D eigenvalue weighted by atomic mass is 10.1. The monoisotopic (exact) mass is 227 g/mol. The van der Waals surface area contributed by atoms with E-state index in [-0.39, 0.29) is 6.42 Å². The molecule has 1 amide bonds. The van der Waals surface area contributed by atoms with Crippen LogP contribution in [0, 0.1) is 0 Å². The summed E-state index contributed by atoms with van der Waals surface area (Å²) in [7, 11) is -3.44. The summed E-state index contributed by atoms with van der Waals surface area (Å²) in [6.07, 6.45) is 0.801. The summed E-state index contributed by atoms with van der Waals surface area (Å²) in [5.74, 6) is -0.396. The van der Waals surface area contributed by atoms with E-state index in [0.717, 1.165) is 5.56 Å². The Morgan fingerprint density at radius 1 is 1.27 bits per heavy atom. The molecular formula is C9H14N3O2P. The zero-order chi connectivity index (χ0) is 11.3. The third-order valence-electron chi connectivity index (χ3n) is 1.78. The predicted molar refractivity (Wildman–Crippen MR) is 58.9 cm³/mol. The molecule has 0 bridgehead atoms. The molecule has 5 N–H and O–H groups in total. The van der Waals surface area contributed by atoms with Gasteiger partial charge in [-0.25, -0.2) is 0 Å². The van der Waals surface area contributed by atoms with E-state index < -0.39 is 13.5 Å². The molecule has 0 aliphatic heterocycles. The van der Waals surface area contributed by atoms with Gasteiger partial charge >= 0.3 is 0 Å². The van der Waals surface area contributed by atoms with Crippen molar-refractivity contribution in [2.24, 2.45) is 11.0 Å². The van der Waals surface area contributed by atoms with Gasteiger partial charge in [-0.2, -0.15) is 0 Å². The largest absolute Gasteiger partial charge is 0.300 e. The molecule has 0 saturated carbocycles. The van der Waals surface area contributed by atoms with E-state index in [2.05, 4.69) is 5.09 Å². The molecule has 1 rings (SSSR count). The van der Waals surface area contributed by atoms with Crippen LogP contribution in [0.2, 0.25) is 0 Å². The van der Waals surface area contributed by atoms with Crippen LogP contribution in [-0.2, 0) is 15.8 Å². The average Bonchev–Trinajstić information content (AvgIpc) is 2.14. The van der Waals surface area contributed by atoms with Gasteiger partial charge in [0, 0.05) is 6.42 Å². The fraction of sp³-hybridized carbons (Fsp3) is 0.222. The number of nitrogens with one attached hydrogen (secondary N) is 1. The first-order valence-corrected chi connectivity index (χ1v) is 6.34. The molecule has 1 aromatic carbocycles. The molecule has 0 saturated heterocycles. The summed E-state index contributed by atoms with van der Waals surface area (Å²) in [4.78, 5) is 11.2. The Kier molecular flexibility index (Phi) is 4.03. The number of carbonyl (C=O) groups excluding carboxylic acids is 1. The summed E-state index contributed by atoms with van der Waals surface area (Å²) in [6.45, 7) is 0. The molecule has 0 atom stereocenters. The second kappa shape index (κ2) is 5.07. The zero-order valence-corrected chi connectivity index (χ0v) is 9.11. The van der Waals surface area contributed by atoms with Gasteiger partial charge in [-0.1, -0.05) is 30.3 Å². The van der Waals surface area contributed by atoms with Gasteiger partial charge in [0.2, 0.25) is 5.91 Å². The van der Waals surface area contributed by atoms with E-state index in [1.54, 1.807) is 0 Å². The molecule has 15 heavy (non-hydrogen) atoms. The minimum absolute atomic E-state index is 0.225. The van der Waals surface area contributed by atoms with Crippen molar-refractivity contribution in [1.82, 2.24) is 5.09 Å². The van der Waals surface area contributed by atoms with E-state index in [1.807, 2.05) is 30.3 Å². The minimum Gasteiger partial charge on any atom is -0.283 e. The third-order valence-corrected chi connectivity index (χ3v) is 2.38. The summed E-state index contributed by atoms with van der Waals surface area (Å²) in [5.41, 5.74) is 11.1. The van der Waals surface area contributed by atoms with Gasteiger partial charge in [0.25, 0.3) is 7.59 Å². The minimum atomic E-state index is -3.44. The standard InChI is InChI=1S/C9H14N3O2P/c10-15(11,14)12-9(13)7-6-8-4-2-1-3-5-8/h1-5H,6-7H2,(H5,10,11,12,13,14). The highest BCUT2D eigenvalue weighted by Gasteiger charge is 2.12. The highest BCUT2D eigenvalue weighted by Crippen LogP contribution is 2.17. The van der Waals surface area contributed by atoms with Crippen LogP contribution in [0.1, 0.15) is 12.0 Å². The van der Waals surface area contributed by atoms with Crippen molar-refractivity contribution in [3.05, 3.63) is 35.9 Å². The molecule has 0 aliphatic carbocycles. The number of carbonyl (C=O) groups is 1. The molecule has 0 spiro atoms.